The van der Waals surface area contributed by atoms with Crippen LogP contribution >= 0.6 is 12.4 Å². The Labute approximate surface area is 96.6 Å². The zero-order valence-electron chi connectivity index (χ0n) is 9.07. The fourth-order valence-corrected chi connectivity index (χ4v) is 1.16. The number of nitrogens with two attached hydrogens (primary N) is 1. The Morgan fingerprint density at radius 2 is 1.87 bits per heavy atom. The van der Waals surface area contributed by atoms with Crippen molar-refractivity contribution in [2.24, 2.45) is 5.73 Å². The number of halogens is 1. The lowest BCUT2D eigenvalue weighted by atomic mass is 10.1. The highest BCUT2D eigenvalue weighted by Gasteiger charge is 2.09. The predicted molar refractivity (Wildman–Crippen MR) is 61.2 cm³/mol. The molecule has 0 aliphatic rings. The van der Waals surface area contributed by atoms with Gasteiger partial charge in [0, 0.05) is 12.8 Å². The van der Waals surface area contributed by atoms with Gasteiger partial charge in [-0.05, 0) is 12.8 Å². The van der Waals surface area contributed by atoms with Gasteiger partial charge in [-0.2, -0.15) is 0 Å². The normalized spacial score (nSPS) is 11.6. The van der Waals surface area contributed by atoms with Gasteiger partial charge in [-0.1, -0.05) is 19.8 Å². The lowest BCUT2D eigenvalue weighted by Crippen LogP contribution is -2.29. The van der Waals surface area contributed by atoms with Crippen molar-refractivity contribution in [3.63, 3.8) is 0 Å². The average molecular weight is 238 g/mol. The molecule has 0 rings (SSSR count). The molecule has 0 fully saturated rings. The van der Waals surface area contributed by atoms with Gasteiger partial charge in [0.1, 0.15) is 11.8 Å². The first-order chi connectivity index (χ1) is 6.57. The Bertz CT molecular complexity index is 197. The maximum absolute atomic E-state index is 10.9. The fourth-order valence-electron chi connectivity index (χ4n) is 1.16. The van der Waals surface area contributed by atoms with Gasteiger partial charge < -0.3 is 10.8 Å². The number of carboxylic acids is 1. The molecule has 0 aromatic carbocycles. The van der Waals surface area contributed by atoms with E-state index in [0.29, 0.717) is 19.3 Å². The van der Waals surface area contributed by atoms with Gasteiger partial charge in [-0.25, -0.2) is 0 Å². The van der Waals surface area contributed by atoms with Gasteiger partial charge in [0.15, 0.2) is 0 Å². The molecule has 0 heterocycles. The Morgan fingerprint density at radius 1 is 1.27 bits per heavy atom. The molecule has 5 heteroatoms. The number of unbranched alkanes of at least 4 members (excludes halogenated alkanes) is 2. The van der Waals surface area contributed by atoms with Crippen molar-refractivity contribution < 1.29 is 14.7 Å². The van der Waals surface area contributed by atoms with Crippen LogP contribution in [0.2, 0.25) is 0 Å². The highest BCUT2D eigenvalue weighted by Crippen LogP contribution is 2.06. The zero-order valence-corrected chi connectivity index (χ0v) is 9.89. The lowest BCUT2D eigenvalue weighted by Gasteiger charge is -2.05. The standard InChI is InChI=1S/C10H19NO3.ClH/c1-2-8(12)6-4-3-5-7-9(11)10(13)14;/h9H,2-7,11H2,1H3,(H,13,14);1H/t9-;/m0./s1. The number of ketones is 1. The molecule has 90 valence electrons. The third-order valence-corrected chi connectivity index (χ3v) is 2.18. The van der Waals surface area contributed by atoms with E-state index in [1.54, 1.807) is 0 Å². The Kier molecular flexibility index (Phi) is 11.1. The van der Waals surface area contributed by atoms with Gasteiger partial charge in [0.05, 0.1) is 0 Å². The van der Waals surface area contributed by atoms with Crippen LogP contribution in [0.4, 0.5) is 0 Å². The lowest BCUT2D eigenvalue weighted by molar-refractivity contribution is -0.138. The molecule has 3 N–H and O–H groups in total. The molecule has 4 nitrogen and oxygen atoms in total. The summed E-state index contributed by atoms with van der Waals surface area (Å²) in [6.45, 7) is 1.85. The van der Waals surface area contributed by atoms with Crippen LogP contribution in [0.5, 0.6) is 0 Å². The Morgan fingerprint density at radius 3 is 2.33 bits per heavy atom. The summed E-state index contributed by atoms with van der Waals surface area (Å²) in [5, 5.41) is 8.49. The van der Waals surface area contributed by atoms with E-state index in [9.17, 15) is 9.59 Å². The molecular weight excluding hydrogens is 218 g/mol. The molecule has 0 aromatic heterocycles. The Hall–Kier alpha value is -0.610. The van der Waals surface area contributed by atoms with Crippen LogP contribution in [0.3, 0.4) is 0 Å². The third-order valence-electron chi connectivity index (χ3n) is 2.18. The summed E-state index contributed by atoms with van der Waals surface area (Å²) in [5.41, 5.74) is 5.32. The number of carbonyl (C=O) groups is 2. The van der Waals surface area contributed by atoms with Gasteiger partial charge in [-0.15, -0.1) is 12.4 Å². The summed E-state index contributed by atoms with van der Waals surface area (Å²) in [4.78, 5) is 21.2. The molecule has 1 atom stereocenters. The molecule has 0 spiro atoms. The number of carbonyl (C=O) groups excluding carboxylic acids is 1. The smallest absolute Gasteiger partial charge is 0.320 e. The predicted octanol–water partition coefficient (Wildman–Crippen LogP) is 1.75. The van der Waals surface area contributed by atoms with E-state index >= 15 is 0 Å². The van der Waals surface area contributed by atoms with Gasteiger partial charge in [0.2, 0.25) is 0 Å². The largest absolute Gasteiger partial charge is 0.480 e. The topological polar surface area (TPSA) is 80.4 Å². The van der Waals surface area contributed by atoms with E-state index in [0.717, 1.165) is 19.3 Å². The first kappa shape index (κ1) is 16.8. The highest BCUT2D eigenvalue weighted by atomic mass is 35.5. The molecular formula is C10H20ClNO3. The monoisotopic (exact) mass is 237 g/mol. The molecule has 0 radical (unpaired) electrons. The average Bonchev–Trinajstić information content (AvgIpc) is 2.16. The number of rotatable bonds is 8. The number of carboxylic acid groups (broad SMARTS) is 1. The van der Waals surface area contributed by atoms with E-state index in [2.05, 4.69) is 0 Å². The van der Waals surface area contributed by atoms with Crippen LogP contribution in [-0.2, 0) is 9.59 Å². The molecule has 0 amide bonds. The van der Waals surface area contributed by atoms with Gasteiger partial charge in [-0.3, -0.25) is 9.59 Å². The van der Waals surface area contributed by atoms with Gasteiger partial charge >= 0.3 is 5.97 Å². The van der Waals surface area contributed by atoms with E-state index in [4.69, 9.17) is 10.8 Å². The number of hydrogen-bond acceptors (Lipinski definition) is 3. The molecule has 0 aliphatic carbocycles. The second-order valence-corrected chi connectivity index (χ2v) is 3.44. The molecule has 0 aliphatic heterocycles. The van der Waals surface area contributed by atoms with E-state index in [1.807, 2.05) is 6.92 Å². The second kappa shape index (κ2) is 9.93. The minimum atomic E-state index is -0.949. The third kappa shape index (κ3) is 9.69. The summed E-state index contributed by atoms with van der Waals surface area (Å²) in [7, 11) is 0. The highest BCUT2D eigenvalue weighted by molar-refractivity contribution is 5.85. The summed E-state index contributed by atoms with van der Waals surface area (Å²) in [6, 6.07) is -0.753. The van der Waals surface area contributed by atoms with E-state index in [1.165, 1.54) is 0 Å². The summed E-state index contributed by atoms with van der Waals surface area (Å²) in [5.74, 6) is -0.679. The fraction of sp³-hybridized carbons (Fsp3) is 0.800. The Balaban J connectivity index is 0. The zero-order chi connectivity index (χ0) is 11.0. The SMILES string of the molecule is CCC(=O)CCCCC[C@H](N)C(=O)O.Cl. The molecule has 0 bridgehead atoms. The molecule has 0 saturated carbocycles. The van der Waals surface area contributed by atoms with Crippen molar-refractivity contribution in [3.05, 3.63) is 0 Å². The first-order valence-corrected chi connectivity index (χ1v) is 5.08. The van der Waals surface area contributed by atoms with E-state index < -0.39 is 12.0 Å². The van der Waals surface area contributed by atoms with Crippen LogP contribution < -0.4 is 5.73 Å². The van der Waals surface area contributed by atoms with Gasteiger partial charge in [0.25, 0.3) is 0 Å². The molecule has 0 aromatic rings. The summed E-state index contributed by atoms with van der Waals surface area (Å²) < 4.78 is 0. The van der Waals surface area contributed by atoms with E-state index in [-0.39, 0.29) is 18.2 Å². The van der Waals surface area contributed by atoms with Crippen molar-refractivity contribution >= 4 is 24.2 Å². The van der Waals surface area contributed by atoms with Crippen LogP contribution in [0.15, 0.2) is 0 Å². The van der Waals surface area contributed by atoms with Crippen LogP contribution in [0.1, 0.15) is 45.4 Å². The molecule has 0 unspecified atom stereocenters. The maximum Gasteiger partial charge on any atom is 0.320 e. The van der Waals surface area contributed by atoms with Crippen molar-refractivity contribution in [1.82, 2.24) is 0 Å². The van der Waals surface area contributed by atoms with Crippen molar-refractivity contribution in [2.75, 3.05) is 0 Å². The minimum Gasteiger partial charge on any atom is -0.480 e. The molecule has 15 heavy (non-hydrogen) atoms. The van der Waals surface area contributed by atoms with Crippen LogP contribution in [0.25, 0.3) is 0 Å². The van der Waals surface area contributed by atoms with Crippen molar-refractivity contribution in [2.45, 2.75) is 51.5 Å². The maximum atomic E-state index is 10.9. The van der Waals surface area contributed by atoms with Crippen molar-refractivity contribution in [3.8, 4) is 0 Å². The summed E-state index contributed by atoms with van der Waals surface area (Å²) >= 11 is 0. The van der Waals surface area contributed by atoms with Crippen LogP contribution in [-0.4, -0.2) is 22.9 Å². The number of aliphatic carboxylic acids is 1. The first-order valence-electron chi connectivity index (χ1n) is 5.08. The van der Waals surface area contributed by atoms with Crippen LogP contribution in [0, 0.1) is 0 Å². The quantitative estimate of drug-likeness (QED) is 0.631. The molecule has 0 saturated heterocycles. The van der Waals surface area contributed by atoms with Crippen molar-refractivity contribution in [1.29, 1.82) is 0 Å². The second-order valence-electron chi connectivity index (χ2n) is 3.44. The minimum absolute atomic E-state index is 0. The summed E-state index contributed by atoms with van der Waals surface area (Å²) in [6.07, 6.45) is 4.21. The number of Topliss-reactive ketones (excluding diaryl/α,β-unsaturated/α-hetero) is 1. The number of hydrogen-bond donors (Lipinski definition) is 2.